The van der Waals surface area contributed by atoms with Gasteiger partial charge in [0.1, 0.15) is 23.8 Å². The Kier molecular flexibility index (Phi) is 4.71. The van der Waals surface area contributed by atoms with Crippen molar-refractivity contribution in [1.82, 2.24) is 0 Å². The summed E-state index contributed by atoms with van der Waals surface area (Å²) in [6.45, 7) is 2.70. The van der Waals surface area contributed by atoms with E-state index in [0.717, 1.165) is 12.8 Å². The molecule has 0 radical (unpaired) electrons. The summed E-state index contributed by atoms with van der Waals surface area (Å²) in [5.41, 5.74) is 0. The molecule has 1 aliphatic rings. The molecule has 0 aliphatic heterocycles. The lowest BCUT2D eigenvalue weighted by Crippen LogP contribution is -2.52. The minimum atomic E-state index is -0.452. The largest absolute Gasteiger partial charge is 0.488 e. The molecule has 3 unspecified atom stereocenters. The van der Waals surface area contributed by atoms with Gasteiger partial charge in [-0.3, -0.25) is 0 Å². The van der Waals surface area contributed by atoms with Crippen LogP contribution in [0.5, 0.6) is 5.75 Å². The highest BCUT2D eigenvalue weighted by atomic mass is 35.5. The molecule has 2 rings (SSSR count). The highest BCUT2D eigenvalue weighted by Gasteiger charge is 2.42. The van der Waals surface area contributed by atoms with Crippen LogP contribution in [-0.2, 0) is 4.74 Å². The highest BCUT2D eigenvalue weighted by molar-refractivity contribution is 6.30. The summed E-state index contributed by atoms with van der Waals surface area (Å²) in [5, 5.41) is 0.0396. The first-order chi connectivity index (χ1) is 8.61. The number of rotatable bonds is 5. The molecule has 0 bridgehead atoms. The minimum Gasteiger partial charge on any atom is -0.488 e. The van der Waals surface area contributed by atoms with E-state index in [1.807, 2.05) is 6.92 Å². The van der Waals surface area contributed by atoms with Gasteiger partial charge in [-0.15, -0.1) is 11.6 Å². The number of ether oxygens (including phenoxy) is 2. The Balaban J connectivity index is 1.94. The molecular weight excluding hydrogens is 278 g/mol. The maximum Gasteiger partial charge on any atom is 0.142 e. The molecule has 1 aromatic carbocycles. The van der Waals surface area contributed by atoms with E-state index in [-0.39, 0.29) is 22.6 Å². The predicted octanol–water partition coefficient (Wildman–Crippen LogP) is 4.03. The summed E-state index contributed by atoms with van der Waals surface area (Å²) >= 11 is 11.8. The average molecular weight is 293 g/mol. The van der Waals surface area contributed by atoms with Crippen molar-refractivity contribution in [2.75, 3.05) is 6.61 Å². The van der Waals surface area contributed by atoms with Crippen LogP contribution in [0.1, 0.15) is 19.8 Å². The van der Waals surface area contributed by atoms with E-state index in [4.69, 9.17) is 32.7 Å². The van der Waals surface area contributed by atoms with Gasteiger partial charge in [0.05, 0.1) is 10.4 Å². The van der Waals surface area contributed by atoms with Crippen molar-refractivity contribution in [3.05, 3.63) is 29.0 Å². The van der Waals surface area contributed by atoms with E-state index in [1.165, 1.54) is 12.1 Å². The lowest BCUT2D eigenvalue weighted by Gasteiger charge is -2.40. The molecule has 3 atom stereocenters. The Labute approximate surface area is 116 Å². The molecule has 0 N–H and O–H groups in total. The van der Waals surface area contributed by atoms with Crippen LogP contribution in [0.3, 0.4) is 0 Å². The second-order valence-corrected chi connectivity index (χ2v) is 5.29. The molecule has 1 saturated carbocycles. The summed E-state index contributed by atoms with van der Waals surface area (Å²) in [5.74, 6) is 0.0895. The van der Waals surface area contributed by atoms with Gasteiger partial charge in [0.2, 0.25) is 0 Å². The van der Waals surface area contributed by atoms with E-state index in [9.17, 15) is 4.39 Å². The highest BCUT2D eigenvalue weighted by Crippen LogP contribution is 2.34. The number of halogens is 3. The average Bonchev–Trinajstić information content (AvgIpc) is 2.33. The van der Waals surface area contributed by atoms with Crippen LogP contribution in [0.4, 0.5) is 4.39 Å². The van der Waals surface area contributed by atoms with E-state index < -0.39 is 5.82 Å². The molecule has 1 fully saturated rings. The lowest BCUT2D eigenvalue weighted by molar-refractivity contribution is -0.0797. The first-order valence-corrected chi connectivity index (χ1v) is 6.80. The van der Waals surface area contributed by atoms with Crippen molar-refractivity contribution in [2.24, 2.45) is 0 Å². The van der Waals surface area contributed by atoms with Crippen molar-refractivity contribution in [2.45, 2.75) is 37.4 Å². The summed E-state index contributed by atoms with van der Waals surface area (Å²) < 4.78 is 24.3. The van der Waals surface area contributed by atoms with Gasteiger partial charge in [0, 0.05) is 19.1 Å². The Morgan fingerprint density at radius 3 is 2.83 bits per heavy atom. The zero-order valence-electron chi connectivity index (χ0n) is 10.0. The smallest absolute Gasteiger partial charge is 0.142 e. The van der Waals surface area contributed by atoms with Gasteiger partial charge in [0.25, 0.3) is 0 Å². The molecular formula is C13H15Cl2FO2. The van der Waals surface area contributed by atoms with Gasteiger partial charge in [-0.05, 0) is 18.6 Å². The summed E-state index contributed by atoms with van der Waals surface area (Å²) in [7, 11) is 0. The predicted molar refractivity (Wildman–Crippen MR) is 70.1 cm³/mol. The SMILES string of the molecule is CCCOC1C(Cl)CC1Oc1ccc(F)c(Cl)c1. The van der Waals surface area contributed by atoms with Crippen molar-refractivity contribution in [3.8, 4) is 5.75 Å². The first-order valence-electron chi connectivity index (χ1n) is 5.99. The van der Waals surface area contributed by atoms with Crippen LogP contribution in [0.15, 0.2) is 18.2 Å². The van der Waals surface area contributed by atoms with Gasteiger partial charge in [0.15, 0.2) is 0 Å². The van der Waals surface area contributed by atoms with Crippen molar-refractivity contribution < 1.29 is 13.9 Å². The molecule has 0 heterocycles. The summed E-state index contributed by atoms with van der Waals surface area (Å²) in [6.07, 6.45) is 1.48. The Hall–Kier alpha value is -0.510. The summed E-state index contributed by atoms with van der Waals surface area (Å²) in [6, 6.07) is 4.31. The van der Waals surface area contributed by atoms with Gasteiger partial charge < -0.3 is 9.47 Å². The quantitative estimate of drug-likeness (QED) is 0.763. The third kappa shape index (κ3) is 3.08. The minimum absolute atomic E-state index is 0.0162. The molecule has 0 aromatic heterocycles. The second-order valence-electron chi connectivity index (χ2n) is 4.32. The zero-order valence-corrected chi connectivity index (χ0v) is 11.5. The fraction of sp³-hybridized carbons (Fsp3) is 0.538. The molecule has 5 heteroatoms. The van der Waals surface area contributed by atoms with E-state index in [1.54, 1.807) is 6.07 Å². The van der Waals surface area contributed by atoms with Crippen molar-refractivity contribution in [1.29, 1.82) is 0 Å². The van der Waals surface area contributed by atoms with E-state index >= 15 is 0 Å². The third-order valence-corrected chi connectivity index (χ3v) is 3.59. The molecule has 1 aromatic rings. The normalized spacial score (nSPS) is 26.8. The van der Waals surface area contributed by atoms with Crippen LogP contribution in [0, 0.1) is 5.82 Å². The maximum atomic E-state index is 13.0. The molecule has 0 saturated heterocycles. The van der Waals surface area contributed by atoms with Crippen LogP contribution in [0.25, 0.3) is 0 Å². The number of hydrogen-bond donors (Lipinski definition) is 0. The molecule has 0 amide bonds. The fourth-order valence-corrected chi connectivity index (χ4v) is 2.41. The standard InChI is InChI=1S/C13H15Cl2FO2/c1-2-5-17-13-10(15)7-12(13)18-8-3-4-11(16)9(14)6-8/h3-4,6,10,12-13H,2,5,7H2,1H3. The second kappa shape index (κ2) is 6.09. The van der Waals surface area contributed by atoms with Crippen molar-refractivity contribution >= 4 is 23.2 Å². The van der Waals surface area contributed by atoms with Crippen LogP contribution < -0.4 is 4.74 Å². The summed E-state index contributed by atoms with van der Waals surface area (Å²) in [4.78, 5) is 0. The lowest BCUT2D eigenvalue weighted by atomic mass is 9.91. The molecule has 0 spiro atoms. The molecule has 100 valence electrons. The third-order valence-electron chi connectivity index (χ3n) is 2.87. The Morgan fingerprint density at radius 1 is 1.44 bits per heavy atom. The van der Waals surface area contributed by atoms with Gasteiger partial charge >= 0.3 is 0 Å². The number of alkyl halides is 1. The topological polar surface area (TPSA) is 18.5 Å². The Bertz CT molecular complexity index is 414. The molecule has 2 nitrogen and oxygen atoms in total. The van der Waals surface area contributed by atoms with E-state index in [2.05, 4.69) is 0 Å². The van der Waals surface area contributed by atoms with E-state index in [0.29, 0.717) is 12.4 Å². The number of benzene rings is 1. The van der Waals surface area contributed by atoms with Gasteiger partial charge in [-0.2, -0.15) is 0 Å². The molecule has 1 aliphatic carbocycles. The van der Waals surface area contributed by atoms with Crippen LogP contribution in [0.2, 0.25) is 5.02 Å². The van der Waals surface area contributed by atoms with Gasteiger partial charge in [-0.1, -0.05) is 18.5 Å². The first kappa shape index (κ1) is 13.9. The monoisotopic (exact) mass is 292 g/mol. The molecule has 18 heavy (non-hydrogen) atoms. The zero-order chi connectivity index (χ0) is 13.1. The van der Waals surface area contributed by atoms with Crippen LogP contribution >= 0.6 is 23.2 Å². The van der Waals surface area contributed by atoms with Gasteiger partial charge in [-0.25, -0.2) is 4.39 Å². The van der Waals surface area contributed by atoms with Crippen molar-refractivity contribution in [3.63, 3.8) is 0 Å². The Morgan fingerprint density at radius 2 is 2.22 bits per heavy atom. The van der Waals surface area contributed by atoms with Crippen LogP contribution in [-0.4, -0.2) is 24.2 Å². The number of hydrogen-bond acceptors (Lipinski definition) is 2. The maximum absolute atomic E-state index is 13.0. The fourth-order valence-electron chi connectivity index (χ4n) is 1.83.